The van der Waals surface area contributed by atoms with Gasteiger partial charge in [0, 0.05) is 38.0 Å². The van der Waals surface area contributed by atoms with Crippen molar-refractivity contribution in [2.24, 2.45) is 0 Å². The lowest BCUT2D eigenvalue weighted by molar-refractivity contribution is 0.126. The molecule has 4 heteroatoms. The van der Waals surface area contributed by atoms with E-state index in [9.17, 15) is 5.11 Å². The van der Waals surface area contributed by atoms with Crippen LogP contribution in [0.4, 0.5) is 5.69 Å². The van der Waals surface area contributed by atoms with Crippen LogP contribution in [0.5, 0.6) is 0 Å². The molecule has 2 heterocycles. The molecule has 0 saturated carbocycles. The fourth-order valence-corrected chi connectivity index (χ4v) is 3.76. The van der Waals surface area contributed by atoms with Crippen LogP contribution in [0.2, 0.25) is 0 Å². The topological polar surface area (TPSA) is 44.7 Å². The van der Waals surface area contributed by atoms with Crippen molar-refractivity contribution < 1.29 is 9.84 Å². The van der Waals surface area contributed by atoms with Crippen LogP contribution in [-0.2, 0) is 11.3 Å². The van der Waals surface area contributed by atoms with E-state index in [0.717, 1.165) is 32.5 Å². The molecule has 2 fully saturated rings. The van der Waals surface area contributed by atoms with E-state index in [-0.39, 0.29) is 6.10 Å². The molecule has 4 nitrogen and oxygen atoms in total. The third-order valence-electron chi connectivity index (χ3n) is 4.75. The first kappa shape index (κ1) is 14.8. The van der Waals surface area contributed by atoms with Crippen LogP contribution in [0.1, 0.15) is 31.2 Å². The molecule has 2 atom stereocenters. The number of fused-ring (bicyclic) bond motifs is 2. The van der Waals surface area contributed by atoms with Gasteiger partial charge in [0.05, 0.1) is 12.7 Å². The molecule has 116 valence electrons. The summed E-state index contributed by atoms with van der Waals surface area (Å²) in [6.45, 7) is 2.51. The standard InChI is InChI=1S/C17H26N2O2/c1-21-9-8-18-12-13-2-4-14(5-3-13)19-15-6-7-16(19)11-17(20)10-15/h2-5,15-18,20H,6-12H2,1H3. The number of hydrogen-bond donors (Lipinski definition) is 2. The second-order valence-electron chi connectivity index (χ2n) is 6.25. The Morgan fingerprint density at radius 3 is 2.48 bits per heavy atom. The summed E-state index contributed by atoms with van der Waals surface area (Å²) in [4.78, 5) is 2.54. The minimum absolute atomic E-state index is 0.0944. The summed E-state index contributed by atoms with van der Waals surface area (Å²) in [5.41, 5.74) is 2.62. The Labute approximate surface area is 127 Å². The van der Waals surface area contributed by atoms with Gasteiger partial charge in [-0.3, -0.25) is 0 Å². The van der Waals surface area contributed by atoms with Gasteiger partial charge in [-0.2, -0.15) is 0 Å². The molecule has 2 unspecified atom stereocenters. The molecule has 2 aliphatic heterocycles. The van der Waals surface area contributed by atoms with E-state index >= 15 is 0 Å². The maximum absolute atomic E-state index is 9.89. The number of piperidine rings is 1. The fraction of sp³-hybridized carbons (Fsp3) is 0.647. The highest BCUT2D eigenvalue weighted by atomic mass is 16.5. The van der Waals surface area contributed by atoms with Gasteiger partial charge in [0.1, 0.15) is 0 Å². The summed E-state index contributed by atoms with van der Waals surface area (Å²) in [6, 6.07) is 9.94. The first-order chi connectivity index (χ1) is 10.3. The zero-order chi connectivity index (χ0) is 14.7. The van der Waals surface area contributed by atoms with E-state index in [4.69, 9.17) is 4.74 Å². The molecule has 2 saturated heterocycles. The Kier molecular flexibility index (Phi) is 4.78. The van der Waals surface area contributed by atoms with Gasteiger partial charge in [0.2, 0.25) is 0 Å². The van der Waals surface area contributed by atoms with Crippen LogP contribution >= 0.6 is 0 Å². The van der Waals surface area contributed by atoms with Gasteiger partial charge in [0.15, 0.2) is 0 Å². The highest BCUT2D eigenvalue weighted by Gasteiger charge is 2.40. The average Bonchev–Trinajstić information content (AvgIpc) is 2.76. The molecule has 0 spiro atoms. The van der Waals surface area contributed by atoms with Crippen LogP contribution in [0, 0.1) is 0 Å². The molecular formula is C17H26N2O2. The van der Waals surface area contributed by atoms with Crippen molar-refractivity contribution in [3.63, 3.8) is 0 Å². The lowest BCUT2D eigenvalue weighted by Gasteiger charge is -2.39. The third-order valence-corrected chi connectivity index (χ3v) is 4.75. The summed E-state index contributed by atoms with van der Waals surface area (Å²) in [7, 11) is 1.72. The zero-order valence-corrected chi connectivity index (χ0v) is 12.8. The fourth-order valence-electron chi connectivity index (χ4n) is 3.76. The van der Waals surface area contributed by atoms with Crippen molar-refractivity contribution in [2.75, 3.05) is 25.2 Å². The van der Waals surface area contributed by atoms with Gasteiger partial charge in [0.25, 0.3) is 0 Å². The predicted molar refractivity (Wildman–Crippen MR) is 84.6 cm³/mol. The Balaban J connectivity index is 1.59. The molecule has 2 bridgehead atoms. The summed E-state index contributed by atoms with van der Waals surface area (Å²) < 4.78 is 5.03. The van der Waals surface area contributed by atoms with E-state index in [1.807, 2.05) is 0 Å². The highest BCUT2D eigenvalue weighted by Crippen LogP contribution is 2.39. The smallest absolute Gasteiger partial charge is 0.0587 e. The molecule has 0 aromatic heterocycles. The Morgan fingerprint density at radius 2 is 1.86 bits per heavy atom. The summed E-state index contributed by atoms with van der Waals surface area (Å²) in [5.74, 6) is 0. The molecule has 3 rings (SSSR count). The SMILES string of the molecule is COCCNCc1ccc(N2C3CCC2CC(O)C3)cc1. The monoisotopic (exact) mass is 290 g/mol. The highest BCUT2D eigenvalue weighted by molar-refractivity contribution is 5.51. The molecule has 2 N–H and O–H groups in total. The molecule has 0 radical (unpaired) electrons. The largest absolute Gasteiger partial charge is 0.393 e. The number of benzene rings is 1. The molecule has 1 aromatic carbocycles. The molecule has 0 aliphatic carbocycles. The first-order valence-electron chi connectivity index (χ1n) is 8.03. The number of hydrogen-bond acceptors (Lipinski definition) is 4. The number of aliphatic hydroxyl groups is 1. The van der Waals surface area contributed by atoms with Gasteiger partial charge in [-0.1, -0.05) is 12.1 Å². The number of rotatable bonds is 6. The van der Waals surface area contributed by atoms with Crippen LogP contribution in [-0.4, -0.2) is 43.6 Å². The number of nitrogens with zero attached hydrogens (tertiary/aromatic N) is 1. The van der Waals surface area contributed by atoms with Gasteiger partial charge < -0.3 is 20.1 Å². The second kappa shape index (κ2) is 6.77. The summed E-state index contributed by atoms with van der Waals surface area (Å²) >= 11 is 0. The maximum atomic E-state index is 9.89. The average molecular weight is 290 g/mol. The number of ether oxygens (including phenoxy) is 1. The van der Waals surface area contributed by atoms with E-state index in [1.165, 1.54) is 24.1 Å². The number of aliphatic hydroxyl groups excluding tert-OH is 1. The van der Waals surface area contributed by atoms with Crippen LogP contribution in [0.15, 0.2) is 24.3 Å². The molecule has 2 aliphatic rings. The Hall–Kier alpha value is -1.10. The van der Waals surface area contributed by atoms with Crippen molar-refractivity contribution in [2.45, 2.75) is 50.4 Å². The normalized spacial score (nSPS) is 28.1. The first-order valence-corrected chi connectivity index (χ1v) is 8.03. The number of anilines is 1. The molecule has 0 amide bonds. The van der Waals surface area contributed by atoms with Crippen LogP contribution in [0.3, 0.4) is 0 Å². The van der Waals surface area contributed by atoms with E-state index < -0.39 is 0 Å². The van der Waals surface area contributed by atoms with E-state index in [2.05, 4.69) is 34.5 Å². The second-order valence-corrected chi connectivity index (χ2v) is 6.25. The predicted octanol–water partition coefficient (Wildman–Crippen LogP) is 1.91. The number of methoxy groups -OCH3 is 1. The lowest BCUT2D eigenvalue weighted by Crippen LogP contribution is -2.44. The van der Waals surface area contributed by atoms with Crippen LogP contribution in [0.25, 0.3) is 0 Å². The Bertz CT molecular complexity index is 435. The van der Waals surface area contributed by atoms with Crippen molar-refractivity contribution in [1.29, 1.82) is 0 Å². The van der Waals surface area contributed by atoms with Gasteiger partial charge >= 0.3 is 0 Å². The summed E-state index contributed by atoms with van der Waals surface area (Å²) in [6.07, 6.45) is 4.21. The van der Waals surface area contributed by atoms with E-state index in [1.54, 1.807) is 7.11 Å². The van der Waals surface area contributed by atoms with E-state index in [0.29, 0.717) is 12.1 Å². The molecular weight excluding hydrogens is 264 g/mol. The minimum atomic E-state index is -0.0944. The Morgan fingerprint density at radius 1 is 1.19 bits per heavy atom. The number of nitrogens with one attached hydrogen (secondary N) is 1. The van der Waals surface area contributed by atoms with Gasteiger partial charge in [-0.15, -0.1) is 0 Å². The molecule has 1 aromatic rings. The van der Waals surface area contributed by atoms with Crippen molar-refractivity contribution in [1.82, 2.24) is 5.32 Å². The lowest BCUT2D eigenvalue weighted by atomic mass is 9.99. The maximum Gasteiger partial charge on any atom is 0.0587 e. The zero-order valence-electron chi connectivity index (χ0n) is 12.8. The van der Waals surface area contributed by atoms with Crippen LogP contribution < -0.4 is 10.2 Å². The summed E-state index contributed by atoms with van der Waals surface area (Å²) in [5, 5.41) is 13.3. The van der Waals surface area contributed by atoms with Gasteiger partial charge in [-0.25, -0.2) is 0 Å². The van der Waals surface area contributed by atoms with Crippen molar-refractivity contribution in [3.8, 4) is 0 Å². The quantitative estimate of drug-likeness (QED) is 0.786. The molecule has 21 heavy (non-hydrogen) atoms. The third kappa shape index (κ3) is 3.39. The minimum Gasteiger partial charge on any atom is -0.393 e. The van der Waals surface area contributed by atoms with Crippen molar-refractivity contribution in [3.05, 3.63) is 29.8 Å². The van der Waals surface area contributed by atoms with Crippen molar-refractivity contribution >= 4 is 5.69 Å². The van der Waals surface area contributed by atoms with Gasteiger partial charge in [-0.05, 0) is 43.4 Å².